The van der Waals surface area contributed by atoms with E-state index in [1.165, 1.54) is 0 Å². The number of carbonyl (C=O) groups is 2. The van der Waals surface area contributed by atoms with Crippen molar-refractivity contribution in [2.45, 2.75) is 12.5 Å². The smallest absolute Gasteiger partial charge is 0.251 e. The standard InChI is InChI=1S/C31H25Cl2N5O2/c32-25-14-13-24(17-26(25)33)38-29(18-27(37-38)22-7-4-8-23(34)16-22)20-9-11-21(12-10-20)31(40)36-28(30(35)39)15-19-5-2-1-3-6-19/h1-14,16-18,28H,15,34H2,(H2,35,39)(H,36,40)/t28-/m0/s1. The predicted octanol–water partition coefficient (Wildman–Crippen LogP) is 5.92. The number of hydrogen-bond acceptors (Lipinski definition) is 4. The Bertz CT molecular complexity index is 1680. The number of halogens is 2. The molecule has 9 heteroatoms. The van der Waals surface area contributed by atoms with E-state index in [1.807, 2.05) is 78.9 Å². The summed E-state index contributed by atoms with van der Waals surface area (Å²) in [5.74, 6) is -1.00. The Balaban J connectivity index is 1.45. The Labute approximate surface area is 241 Å². The quantitative estimate of drug-likeness (QED) is 0.201. The minimum absolute atomic E-state index is 0.301. The van der Waals surface area contributed by atoms with Crippen molar-refractivity contribution in [3.8, 4) is 28.2 Å². The fraction of sp³-hybridized carbons (Fsp3) is 0.0645. The van der Waals surface area contributed by atoms with Crippen LogP contribution in [0.15, 0.2) is 103 Å². The summed E-state index contributed by atoms with van der Waals surface area (Å²) in [5.41, 5.74) is 17.3. The maximum absolute atomic E-state index is 13.0. The van der Waals surface area contributed by atoms with Crippen LogP contribution in [0.5, 0.6) is 0 Å². The molecule has 40 heavy (non-hydrogen) atoms. The number of nitrogens with one attached hydrogen (secondary N) is 1. The van der Waals surface area contributed by atoms with Crippen molar-refractivity contribution in [1.29, 1.82) is 0 Å². The maximum atomic E-state index is 13.0. The molecule has 0 radical (unpaired) electrons. The lowest BCUT2D eigenvalue weighted by atomic mass is 10.0. The van der Waals surface area contributed by atoms with Gasteiger partial charge in [-0.05, 0) is 54.1 Å². The molecule has 2 amide bonds. The van der Waals surface area contributed by atoms with Crippen molar-refractivity contribution in [3.63, 3.8) is 0 Å². The number of amides is 2. The maximum Gasteiger partial charge on any atom is 0.251 e. The van der Waals surface area contributed by atoms with Crippen LogP contribution in [0.4, 0.5) is 5.69 Å². The fourth-order valence-electron chi connectivity index (χ4n) is 4.35. The third kappa shape index (κ3) is 6.01. The van der Waals surface area contributed by atoms with Crippen LogP contribution in [0, 0.1) is 0 Å². The molecule has 1 aromatic heterocycles. The second-order valence-corrected chi connectivity index (χ2v) is 10.1. The van der Waals surface area contributed by atoms with Gasteiger partial charge in [0.25, 0.3) is 5.91 Å². The number of primary amides is 1. The van der Waals surface area contributed by atoms with Gasteiger partial charge in [-0.1, -0.05) is 77.8 Å². The molecule has 7 nitrogen and oxygen atoms in total. The molecule has 5 N–H and O–H groups in total. The van der Waals surface area contributed by atoms with Gasteiger partial charge in [0.1, 0.15) is 6.04 Å². The van der Waals surface area contributed by atoms with Gasteiger partial charge in [0.05, 0.1) is 27.1 Å². The molecule has 0 bridgehead atoms. The lowest BCUT2D eigenvalue weighted by Crippen LogP contribution is -2.45. The Morgan fingerprint density at radius 1 is 0.825 bits per heavy atom. The Morgan fingerprint density at radius 3 is 2.25 bits per heavy atom. The first-order valence-corrected chi connectivity index (χ1v) is 13.2. The number of hydrogen-bond donors (Lipinski definition) is 3. The van der Waals surface area contributed by atoms with E-state index in [0.717, 1.165) is 22.4 Å². The Hall–Kier alpha value is -4.59. The summed E-state index contributed by atoms with van der Waals surface area (Å²) in [6, 6.07) is 30.2. The molecule has 0 fully saturated rings. The second-order valence-electron chi connectivity index (χ2n) is 9.25. The first kappa shape index (κ1) is 27.0. The Kier molecular flexibility index (Phi) is 7.86. The van der Waals surface area contributed by atoms with E-state index in [-0.39, 0.29) is 0 Å². The first-order valence-electron chi connectivity index (χ1n) is 12.4. The summed E-state index contributed by atoms with van der Waals surface area (Å²) in [5, 5.41) is 8.41. The first-order chi connectivity index (χ1) is 19.3. The zero-order valence-corrected chi connectivity index (χ0v) is 22.7. The van der Waals surface area contributed by atoms with Crippen molar-refractivity contribution in [3.05, 3.63) is 124 Å². The van der Waals surface area contributed by atoms with E-state index in [2.05, 4.69) is 5.32 Å². The molecular weight excluding hydrogens is 545 g/mol. The van der Waals surface area contributed by atoms with Crippen LogP contribution in [0.1, 0.15) is 15.9 Å². The molecule has 0 saturated heterocycles. The number of aromatic nitrogens is 2. The molecule has 0 spiro atoms. The highest BCUT2D eigenvalue weighted by atomic mass is 35.5. The van der Waals surface area contributed by atoms with Gasteiger partial charge < -0.3 is 16.8 Å². The summed E-state index contributed by atoms with van der Waals surface area (Å²) in [6.45, 7) is 0. The SMILES string of the molecule is NC(=O)[C@H](Cc1ccccc1)NC(=O)c1ccc(-c2cc(-c3cccc(N)c3)nn2-c2ccc(Cl)c(Cl)c2)cc1. The van der Waals surface area contributed by atoms with Crippen molar-refractivity contribution in [2.24, 2.45) is 5.73 Å². The minimum Gasteiger partial charge on any atom is -0.399 e. The molecule has 5 aromatic rings. The average molecular weight is 570 g/mol. The van der Waals surface area contributed by atoms with Gasteiger partial charge >= 0.3 is 0 Å². The van der Waals surface area contributed by atoms with Gasteiger partial charge in [-0.3, -0.25) is 9.59 Å². The molecule has 1 atom stereocenters. The Morgan fingerprint density at radius 2 is 1.57 bits per heavy atom. The third-order valence-electron chi connectivity index (χ3n) is 6.41. The molecule has 0 unspecified atom stereocenters. The van der Waals surface area contributed by atoms with Crippen LogP contribution >= 0.6 is 23.2 Å². The molecule has 200 valence electrons. The normalized spacial score (nSPS) is 11.7. The van der Waals surface area contributed by atoms with Gasteiger partial charge in [0.15, 0.2) is 0 Å². The zero-order chi connectivity index (χ0) is 28.2. The molecule has 4 aromatic carbocycles. The lowest BCUT2D eigenvalue weighted by Gasteiger charge is -2.16. The van der Waals surface area contributed by atoms with Gasteiger partial charge in [-0.25, -0.2) is 4.68 Å². The van der Waals surface area contributed by atoms with E-state index >= 15 is 0 Å². The van der Waals surface area contributed by atoms with E-state index in [1.54, 1.807) is 28.9 Å². The van der Waals surface area contributed by atoms with Gasteiger partial charge in [0, 0.05) is 28.8 Å². The largest absolute Gasteiger partial charge is 0.399 e. The minimum atomic E-state index is -0.841. The molecule has 0 aliphatic carbocycles. The molecular formula is C31H25Cl2N5O2. The summed E-state index contributed by atoms with van der Waals surface area (Å²) >= 11 is 12.5. The molecule has 0 aliphatic rings. The van der Waals surface area contributed by atoms with Crippen LogP contribution in [0.25, 0.3) is 28.2 Å². The lowest BCUT2D eigenvalue weighted by molar-refractivity contribution is -0.119. The number of anilines is 1. The van der Waals surface area contributed by atoms with Crippen molar-refractivity contribution >= 4 is 40.7 Å². The van der Waals surface area contributed by atoms with Crippen molar-refractivity contribution in [1.82, 2.24) is 15.1 Å². The summed E-state index contributed by atoms with van der Waals surface area (Å²) < 4.78 is 1.76. The van der Waals surface area contributed by atoms with Gasteiger partial charge in [0.2, 0.25) is 5.91 Å². The average Bonchev–Trinajstić information content (AvgIpc) is 3.40. The van der Waals surface area contributed by atoms with Crippen LogP contribution in [-0.4, -0.2) is 27.6 Å². The highest BCUT2D eigenvalue weighted by Crippen LogP contribution is 2.32. The van der Waals surface area contributed by atoms with Crippen LogP contribution in [0.3, 0.4) is 0 Å². The van der Waals surface area contributed by atoms with Gasteiger partial charge in [-0.15, -0.1) is 0 Å². The third-order valence-corrected chi connectivity index (χ3v) is 7.15. The van der Waals surface area contributed by atoms with Gasteiger partial charge in [-0.2, -0.15) is 5.10 Å². The van der Waals surface area contributed by atoms with E-state index < -0.39 is 17.9 Å². The monoisotopic (exact) mass is 569 g/mol. The fourth-order valence-corrected chi connectivity index (χ4v) is 4.64. The van der Waals surface area contributed by atoms with Crippen LogP contribution in [-0.2, 0) is 11.2 Å². The summed E-state index contributed by atoms with van der Waals surface area (Å²) in [4.78, 5) is 25.0. The molecule has 0 saturated carbocycles. The van der Waals surface area contributed by atoms with Crippen molar-refractivity contribution in [2.75, 3.05) is 5.73 Å². The number of rotatable bonds is 8. The topological polar surface area (TPSA) is 116 Å². The second kappa shape index (κ2) is 11.7. The van der Waals surface area contributed by atoms with Crippen molar-refractivity contribution < 1.29 is 9.59 Å². The molecule has 5 rings (SSSR count). The zero-order valence-electron chi connectivity index (χ0n) is 21.2. The molecule has 1 heterocycles. The van der Waals surface area contributed by atoms with Crippen LogP contribution < -0.4 is 16.8 Å². The number of nitrogen functional groups attached to an aromatic ring is 1. The highest BCUT2D eigenvalue weighted by molar-refractivity contribution is 6.42. The number of carbonyl (C=O) groups excluding carboxylic acids is 2. The highest BCUT2D eigenvalue weighted by Gasteiger charge is 2.20. The number of benzene rings is 4. The summed E-state index contributed by atoms with van der Waals surface area (Å²) in [6.07, 6.45) is 0.301. The van der Waals surface area contributed by atoms with Crippen LogP contribution in [0.2, 0.25) is 10.0 Å². The predicted molar refractivity (Wildman–Crippen MR) is 159 cm³/mol. The molecule has 0 aliphatic heterocycles. The van der Waals surface area contributed by atoms with E-state index in [4.69, 9.17) is 39.8 Å². The summed E-state index contributed by atoms with van der Waals surface area (Å²) in [7, 11) is 0. The van der Waals surface area contributed by atoms with E-state index in [0.29, 0.717) is 39.1 Å². The number of nitrogens with two attached hydrogens (primary N) is 2. The van der Waals surface area contributed by atoms with E-state index in [9.17, 15) is 9.59 Å². The number of nitrogens with zero attached hydrogens (tertiary/aromatic N) is 2.